The van der Waals surface area contributed by atoms with Gasteiger partial charge in [0.1, 0.15) is 6.04 Å². The van der Waals surface area contributed by atoms with Crippen molar-refractivity contribution in [1.82, 2.24) is 15.3 Å². The van der Waals surface area contributed by atoms with E-state index in [9.17, 15) is 9.59 Å². The number of H-pyrrole nitrogens is 1. The smallest absolute Gasteiger partial charge is 0.251 e. The lowest BCUT2D eigenvalue weighted by Gasteiger charge is -2.17. The molecule has 1 heterocycles. The minimum atomic E-state index is -0.628. The first-order valence-electron chi connectivity index (χ1n) is 9.11. The van der Waals surface area contributed by atoms with Crippen LogP contribution in [0.25, 0.3) is 11.0 Å². The van der Waals surface area contributed by atoms with Crippen molar-refractivity contribution < 1.29 is 9.59 Å². The fraction of sp³-hybridized carbons (Fsp3) is 0.286. The van der Waals surface area contributed by atoms with Gasteiger partial charge in [-0.25, -0.2) is 4.98 Å². The average molecular weight is 364 g/mol. The Labute approximate surface area is 158 Å². The number of hydrogen-bond acceptors (Lipinski definition) is 3. The van der Waals surface area contributed by atoms with Crippen LogP contribution in [0.3, 0.4) is 0 Å². The van der Waals surface area contributed by atoms with Crippen molar-refractivity contribution >= 4 is 28.8 Å². The molecule has 1 atom stereocenters. The first-order chi connectivity index (χ1) is 13.0. The van der Waals surface area contributed by atoms with E-state index in [2.05, 4.69) is 20.6 Å². The number of benzene rings is 2. The normalized spacial score (nSPS) is 12.0. The first-order valence-corrected chi connectivity index (χ1v) is 9.11. The summed E-state index contributed by atoms with van der Waals surface area (Å²) in [4.78, 5) is 32.7. The molecule has 0 saturated carbocycles. The van der Waals surface area contributed by atoms with E-state index in [4.69, 9.17) is 0 Å². The van der Waals surface area contributed by atoms with Crippen molar-refractivity contribution in [2.24, 2.45) is 0 Å². The maximum absolute atomic E-state index is 12.7. The Bertz CT molecular complexity index is 924. The molecule has 27 heavy (non-hydrogen) atoms. The lowest BCUT2D eigenvalue weighted by molar-refractivity contribution is -0.118. The monoisotopic (exact) mass is 364 g/mol. The van der Waals surface area contributed by atoms with Crippen LogP contribution >= 0.6 is 0 Å². The number of rotatable bonds is 6. The highest BCUT2D eigenvalue weighted by molar-refractivity contribution is 6.01. The second-order valence-corrected chi connectivity index (χ2v) is 6.78. The number of carbonyl (C=O) groups is 2. The molecule has 140 valence electrons. The average Bonchev–Trinajstić information content (AvgIpc) is 3.02. The number of fused-ring (bicyclic) bond motifs is 1. The summed E-state index contributed by atoms with van der Waals surface area (Å²) in [5.74, 6) is -0.156. The van der Waals surface area contributed by atoms with Gasteiger partial charge in [0, 0.05) is 5.56 Å². The second kappa shape index (κ2) is 8.03. The quantitative estimate of drug-likeness (QED) is 0.623. The van der Waals surface area contributed by atoms with Crippen LogP contribution in [-0.2, 0) is 4.79 Å². The maximum Gasteiger partial charge on any atom is 0.251 e. The molecular formula is C21H24N4O2. The minimum Gasteiger partial charge on any atom is -0.340 e. The van der Waals surface area contributed by atoms with Crippen LogP contribution in [0.4, 0.5) is 5.95 Å². The van der Waals surface area contributed by atoms with Gasteiger partial charge in [-0.2, -0.15) is 0 Å². The Morgan fingerprint density at radius 3 is 2.48 bits per heavy atom. The number of para-hydroxylation sites is 2. The van der Waals surface area contributed by atoms with Crippen LogP contribution in [0.5, 0.6) is 0 Å². The van der Waals surface area contributed by atoms with Crippen LogP contribution in [0.2, 0.25) is 0 Å². The Balaban J connectivity index is 1.73. The largest absolute Gasteiger partial charge is 0.340 e. The number of imidazole rings is 1. The maximum atomic E-state index is 12.7. The number of carbonyl (C=O) groups excluding carboxylic acids is 2. The minimum absolute atomic E-state index is 0.250. The Hall–Kier alpha value is -3.15. The van der Waals surface area contributed by atoms with Crippen molar-refractivity contribution in [3.8, 4) is 0 Å². The van der Waals surface area contributed by atoms with Crippen LogP contribution in [0.1, 0.15) is 41.3 Å². The summed E-state index contributed by atoms with van der Waals surface area (Å²) in [5, 5.41) is 5.63. The fourth-order valence-corrected chi connectivity index (χ4v) is 3.12. The summed E-state index contributed by atoms with van der Waals surface area (Å²) in [6, 6.07) is 12.6. The molecule has 0 radical (unpaired) electrons. The SMILES string of the molecule is CCC[C@@H](NC(=O)c1cc(C)cc(C)c1)C(=O)Nc1nc2ccccc2[nH]1. The van der Waals surface area contributed by atoms with Gasteiger partial charge in [0.15, 0.2) is 0 Å². The highest BCUT2D eigenvalue weighted by atomic mass is 16.2. The van der Waals surface area contributed by atoms with E-state index in [0.717, 1.165) is 28.6 Å². The molecular weight excluding hydrogens is 340 g/mol. The molecule has 3 N–H and O–H groups in total. The van der Waals surface area contributed by atoms with Crippen molar-refractivity contribution in [1.29, 1.82) is 0 Å². The van der Waals surface area contributed by atoms with Crippen molar-refractivity contribution in [2.45, 2.75) is 39.7 Å². The van der Waals surface area contributed by atoms with Crippen LogP contribution in [0.15, 0.2) is 42.5 Å². The zero-order valence-corrected chi connectivity index (χ0v) is 15.8. The van der Waals surface area contributed by atoms with Gasteiger partial charge in [-0.15, -0.1) is 0 Å². The van der Waals surface area contributed by atoms with Gasteiger partial charge in [0.2, 0.25) is 11.9 Å². The van der Waals surface area contributed by atoms with Crippen LogP contribution < -0.4 is 10.6 Å². The van der Waals surface area contributed by atoms with Gasteiger partial charge in [-0.1, -0.05) is 42.7 Å². The number of nitrogens with one attached hydrogen (secondary N) is 3. The molecule has 3 rings (SSSR count). The molecule has 0 aliphatic heterocycles. The predicted octanol–water partition coefficient (Wildman–Crippen LogP) is 3.72. The molecule has 1 aromatic heterocycles. The molecule has 2 aromatic carbocycles. The zero-order valence-electron chi connectivity index (χ0n) is 15.8. The van der Waals surface area contributed by atoms with E-state index in [1.54, 1.807) is 0 Å². The standard InChI is InChI=1S/C21H24N4O2/c1-4-7-18(22-19(26)15-11-13(2)10-14(3)12-15)20(27)25-21-23-16-8-5-6-9-17(16)24-21/h5-6,8-12,18H,4,7H2,1-3H3,(H,22,26)(H2,23,24,25,27)/t18-/m1/s1. The third-order valence-electron chi connectivity index (χ3n) is 4.31. The molecule has 6 heteroatoms. The molecule has 0 fully saturated rings. The molecule has 6 nitrogen and oxygen atoms in total. The van der Waals surface area contributed by atoms with E-state index in [-0.39, 0.29) is 11.8 Å². The van der Waals surface area contributed by atoms with Crippen LogP contribution in [-0.4, -0.2) is 27.8 Å². The third kappa shape index (κ3) is 4.53. The van der Waals surface area contributed by atoms with Crippen molar-refractivity contribution in [3.05, 3.63) is 59.2 Å². The van der Waals surface area contributed by atoms with E-state index in [1.807, 2.05) is 63.2 Å². The Morgan fingerprint density at radius 2 is 1.81 bits per heavy atom. The van der Waals surface area contributed by atoms with Crippen molar-refractivity contribution in [2.75, 3.05) is 5.32 Å². The number of nitrogens with zero attached hydrogens (tertiary/aromatic N) is 1. The van der Waals surface area contributed by atoms with E-state index in [0.29, 0.717) is 17.9 Å². The zero-order chi connectivity index (χ0) is 19.4. The second-order valence-electron chi connectivity index (χ2n) is 6.78. The molecule has 0 unspecified atom stereocenters. The van der Waals surface area contributed by atoms with Crippen LogP contribution in [0, 0.1) is 13.8 Å². The summed E-state index contributed by atoms with van der Waals surface area (Å²) in [6.45, 7) is 5.87. The Morgan fingerprint density at radius 1 is 1.11 bits per heavy atom. The summed E-state index contributed by atoms with van der Waals surface area (Å²) in [5.41, 5.74) is 4.21. The number of amides is 2. The highest BCUT2D eigenvalue weighted by Crippen LogP contribution is 2.14. The summed E-state index contributed by atoms with van der Waals surface area (Å²) < 4.78 is 0. The Kier molecular flexibility index (Phi) is 5.54. The third-order valence-corrected chi connectivity index (χ3v) is 4.31. The number of anilines is 1. The number of hydrogen-bond donors (Lipinski definition) is 3. The topological polar surface area (TPSA) is 86.9 Å². The van der Waals surface area contributed by atoms with Gasteiger partial charge < -0.3 is 10.3 Å². The lowest BCUT2D eigenvalue weighted by atomic mass is 10.1. The summed E-state index contributed by atoms with van der Waals surface area (Å²) >= 11 is 0. The number of aromatic amines is 1. The van der Waals surface area contributed by atoms with Crippen molar-refractivity contribution in [3.63, 3.8) is 0 Å². The van der Waals surface area contributed by atoms with Gasteiger partial charge in [-0.3, -0.25) is 14.9 Å². The van der Waals surface area contributed by atoms with E-state index < -0.39 is 6.04 Å². The van der Waals surface area contributed by atoms with Gasteiger partial charge in [0.25, 0.3) is 5.91 Å². The molecule has 0 aliphatic carbocycles. The summed E-state index contributed by atoms with van der Waals surface area (Å²) in [7, 11) is 0. The molecule has 0 saturated heterocycles. The van der Waals surface area contributed by atoms with E-state index >= 15 is 0 Å². The predicted molar refractivity (Wildman–Crippen MR) is 107 cm³/mol. The first kappa shape index (κ1) is 18.6. The highest BCUT2D eigenvalue weighted by Gasteiger charge is 2.22. The number of aryl methyl sites for hydroxylation is 2. The molecule has 3 aromatic rings. The number of aromatic nitrogens is 2. The van der Waals surface area contributed by atoms with Gasteiger partial charge in [0.05, 0.1) is 11.0 Å². The van der Waals surface area contributed by atoms with Gasteiger partial charge in [-0.05, 0) is 44.5 Å². The molecule has 2 amide bonds. The molecule has 0 bridgehead atoms. The lowest BCUT2D eigenvalue weighted by Crippen LogP contribution is -2.43. The van der Waals surface area contributed by atoms with E-state index in [1.165, 1.54) is 0 Å². The van der Waals surface area contributed by atoms with Gasteiger partial charge >= 0.3 is 0 Å². The molecule has 0 spiro atoms. The molecule has 0 aliphatic rings. The summed E-state index contributed by atoms with van der Waals surface area (Å²) in [6.07, 6.45) is 1.31. The fourth-order valence-electron chi connectivity index (χ4n) is 3.12.